The molecule has 0 aliphatic carbocycles. The molecule has 1 saturated heterocycles. The third kappa shape index (κ3) is 5.25. The van der Waals surface area contributed by atoms with Crippen molar-refractivity contribution < 1.29 is 24.5 Å². The van der Waals surface area contributed by atoms with Gasteiger partial charge in [-0.1, -0.05) is 30.3 Å². The van der Waals surface area contributed by atoms with E-state index >= 15 is 0 Å². The molecule has 0 spiro atoms. The smallest absolute Gasteiger partial charge is 0.410 e. The molecule has 6 heteroatoms. The first-order chi connectivity index (χ1) is 11.1. The average molecular weight is 321 g/mol. The van der Waals surface area contributed by atoms with E-state index in [4.69, 9.17) is 14.9 Å². The van der Waals surface area contributed by atoms with E-state index < -0.39 is 5.97 Å². The number of likely N-dealkylation sites (tertiary alicyclic amines) is 1. The first kappa shape index (κ1) is 17.3. The van der Waals surface area contributed by atoms with Gasteiger partial charge in [0.05, 0.1) is 0 Å². The fourth-order valence-corrected chi connectivity index (χ4v) is 3.04. The van der Waals surface area contributed by atoms with Crippen LogP contribution in [-0.4, -0.2) is 46.9 Å². The van der Waals surface area contributed by atoms with E-state index in [1.807, 2.05) is 30.3 Å². The molecule has 0 saturated carbocycles. The normalized spacial score (nSPS) is 21.0. The summed E-state index contributed by atoms with van der Waals surface area (Å²) in [6, 6.07) is 9.45. The van der Waals surface area contributed by atoms with Gasteiger partial charge in [-0.15, -0.1) is 0 Å². The lowest BCUT2D eigenvalue weighted by molar-refractivity contribution is -0.139. The van der Waals surface area contributed by atoms with E-state index in [0.29, 0.717) is 25.9 Å². The number of aliphatic hydroxyl groups is 1. The minimum absolute atomic E-state index is 0.00202. The molecule has 23 heavy (non-hydrogen) atoms. The highest BCUT2D eigenvalue weighted by Crippen LogP contribution is 2.29. The highest BCUT2D eigenvalue weighted by molar-refractivity contribution is 5.68. The zero-order valence-corrected chi connectivity index (χ0v) is 13.1. The molecule has 1 fully saturated rings. The molecule has 0 radical (unpaired) electrons. The van der Waals surface area contributed by atoms with Gasteiger partial charge in [-0.25, -0.2) is 4.79 Å². The summed E-state index contributed by atoms with van der Waals surface area (Å²) in [5.74, 6) is -0.843. The van der Waals surface area contributed by atoms with Gasteiger partial charge < -0.3 is 19.8 Å². The second-order valence-corrected chi connectivity index (χ2v) is 5.91. The van der Waals surface area contributed by atoms with Crippen molar-refractivity contribution in [3.63, 3.8) is 0 Å². The van der Waals surface area contributed by atoms with Crippen LogP contribution in [0.25, 0.3) is 0 Å². The highest BCUT2D eigenvalue weighted by atomic mass is 16.6. The number of carbonyl (C=O) groups excluding carboxylic acids is 1. The van der Waals surface area contributed by atoms with Crippen LogP contribution in [0.4, 0.5) is 4.79 Å². The molecule has 0 aromatic heterocycles. The van der Waals surface area contributed by atoms with Crippen molar-refractivity contribution in [1.82, 2.24) is 4.90 Å². The van der Waals surface area contributed by atoms with Crippen molar-refractivity contribution >= 4 is 12.1 Å². The molecule has 1 amide bonds. The molecule has 1 aromatic rings. The number of aliphatic hydroxyl groups excluding tert-OH is 1. The van der Waals surface area contributed by atoms with Crippen molar-refractivity contribution in [1.29, 1.82) is 0 Å². The summed E-state index contributed by atoms with van der Waals surface area (Å²) in [5, 5.41) is 18.1. The Kier molecular flexibility index (Phi) is 6.40. The Bertz CT molecular complexity index is 519. The average Bonchev–Trinajstić information content (AvgIpc) is 2.55. The quantitative estimate of drug-likeness (QED) is 0.838. The Morgan fingerprint density at radius 2 is 1.96 bits per heavy atom. The van der Waals surface area contributed by atoms with E-state index in [1.165, 1.54) is 0 Å². The van der Waals surface area contributed by atoms with Gasteiger partial charge in [0.1, 0.15) is 6.61 Å². The number of carboxylic acid groups (broad SMARTS) is 1. The summed E-state index contributed by atoms with van der Waals surface area (Å²) >= 11 is 0. The molecular weight excluding hydrogens is 298 g/mol. The number of piperidine rings is 1. The van der Waals surface area contributed by atoms with Crippen LogP contribution in [0.5, 0.6) is 0 Å². The molecule has 2 rings (SSSR count). The maximum atomic E-state index is 12.2. The van der Waals surface area contributed by atoms with Crippen molar-refractivity contribution in [2.75, 3.05) is 19.7 Å². The lowest BCUT2D eigenvalue weighted by Crippen LogP contribution is -2.44. The minimum Gasteiger partial charge on any atom is -0.481 e. The summed E-state index contributed by atoms with van der Waals surface area (Å²) in [5.41, 5.74) is 0.925. The van der Waals surface area contributed by atoms with E-state index in [-0.39, 0.29) is 37.6 Å². The van der Waals surface area contributed by atoms with Crippen LogP contribution in [0.2, 0.25) is 0 Å². The number of benzene rings is 1. The standard InChI is InChI=1S/C17H23NO5/c19-9-7-15-11-18(8-6-14(15)10-16(20)21)17(22)23-12-13-4-2-1-3-5-13/h1-5,14-15,19H,6-12H2,(H,20,21)/t14-,15-/m0/s1. The predicted octanol–water partition coefficient (Wildman–Crippen LogP) is 2.12. The van der Waals surface area contributed by atoms with Crippen LogP contribution >= 0.6 is 0 Å². The van der Waals surface area contributed by atoms with Crippen LogP contribution in [-0.2, 0) is 16.1 Å². The third-order valence-electron chi connectivity index (χ3n) is 4.29. The number of aliphatic carboxylic acids is 1. The molecule has 1 aliphatic heterocycles. The molecule has 0 unspecified atom stereocenters. The number of hydrogen-bond donors (Lipinski definition) is 2. The molecule has 2 atom stereocenters. The monoisotopic (exact) mass is 321 g/mol. The predicted molar refractivity (Wildman–Crippen MR) is 83.8 cm³/mol. The Morgan fingerprint density at radius 1 is 1.22 bits per heavy atom. The van der Waals surface area contributed by atoms with E-state index in [2.05, 4.69) is 0 Å². The molecule has 2 N–H and O–H groups in total. The Hall–Kier alpha value is -2.08. The Balaban J connectivity index is 1.87. The second kappa shape index (κ2) is 8.53. The van der Waals surface area contributed by atoms with Crippen molar-refractivity contribution in [2.24, 2.45) is 11.8 Å². The summed E-state index contributed by atoms with van der Waals surface area (Å²) in [7, 11) is 0. The van der Waals surface area contributed by atoms with Crippen molar-refractivity contribution in [3.8, 4) is 0 Å². The summed E-state index contributed by atoms with van der Waals surface area (Å²) in [6.45, 7) is 1.15. The van der Waals surface area contributed by atoms with E-state index in [1.54, 1.807) is 4.90 Å². The first-order valence-corrected chi connectivity index (χ1v) is 7.88. The molecule has 6 nitrogen and oxygen atoms in total. The summed E-state index contributed by atoms with van der Waals surface area (Å²) in [4.78, 5) is 24.7. The van der Waals surface area contributed by atoms with Crippen LogP contribution in [0.15, 0.2) is 30.3 Å². The fraction of sp³-hybridized carbons (Fsp3) is 0.529. The van der Waals surface area contributed by atoms with Gasteiger partial charge in [0.2, 0.25) is 0 Å². The highest BCUT2D eigenvalue weighted by Gasteiger charge is 2.32. The molecule has 1 aromatic carbocycles. The zero-order valence-electron chi connectivity index (χ0n) is 13.1. The molecule has 1 heterocycles. The largest absolute Gasteiger partial charge is 0.481 e. The number of rotatable bonds is 6. The number of amides is 1. The molecule has 0 bridgehead atoms. The Labute approximate surface area is 135 Å². The number of nitrogens with zero attached hydrogens (tertiary/aromatic N) is 1. The van der Waals surface area contributed by atoms with E-state index in [9.17, 15) is 9.59 Å². The molecule has 126 valence electrons. The lowest BCUT2D eigenvalue weighted by Gasteiger charge is -2.37. The van der Waals surface area contributed by atoms with Gasteiger partial charge in [-0.05, 0) is 30.2 Å². The van der Waals surface area contributed by atoms with E-state index in [0.717, 1.165) is 5.56 Å². The number of carboxylic acids is 1. The minimum atomic E-state index is -0.835. The zero-order chi connectivity index (χ0) is 16.7. The number of ether oxygens (including phenoxy) is 1. The van der Waals surface area contributed by atoms with Crippen molar-refractivity contribution in [3.05, 3.63) is 35.9 Å². The SMILES string of the molecule is O=C(O)C[C@@H]1CCN(C(=O)OCc2ccccc2)C[C@@H]1CCO. The maximum absolute atomic E-state index is 12.2. The van der Waals surface area contributed by atoms with Crippen LogP contribution in [0.3, 0.4) is 0 Å². The summed E-state index contributed by atoms with van der Waals surface area (Å²) in [6.07, 6.45) is 0.820. The summed E-state index contributed by atoms with van der Waals surface area (Å²) < 4.78 is 5.32. The Morgan fingerprint density at radius 3 is 2.61 bits per heavy atom. The van der Waals surface area contributed by atoms with Gasteiger partial charge in [0.25, 0.3) is 0 Å². The van der Waals surface area contributed by atoms with Gasteiger partial charge in [0.15, 0.2) is 0 Å². The maximum Gasteiger partial charge on any atom is 0.410 e. The lowest BCUT2D eigenvalue weighted by atomic mass is 9.81. The van der Waals surface area contributed by atoms with Gasteiger partial charge in [0, 0.05) is 26.1 Å². The van der Waals surface area contributed by atoms with Gasteiger partial charge >= 0.3 is 12.1 Å². The number of carbonyl (C=O) groups is 2. The van der Waals surface area contributed by atoms with Gasteiger partial charge in [-0.3, -0.25) is 4.79 Å². The third-order valence-corrected chi connectivity index (χ3v) is 4.29. The van der Waals surface area contributed by atoms with Crippen LogP contribution in [0, 0.1) is 11.8 Å². The second-order valence-electron chi connectivity index (χ2n) is 5.91. The molecule has 1 aliphatic rings. The number of hydrogen-bond acceptors (Lipinski definition) is 4. The first-order valence-electron chi connectivity index (χ1n) is 7.88. The van der Waals surface area contributed by atoms with Crippen molar-refractivity contribution in [2.45, 2.75) is 25.9 Å². The van der Waals surface area contributed by atoms with Crippen LogP contribution in [0.1, 0.15) is 24.8 Å². The molecular formula is C17H23NO5. The fourth-order valence-electron chi connectivity index (χ4n) is 3.04. The van der Waals surface area contributed by atoms with Gasteiger partial charge in [-0.2, -0.15) is 0 Å². The van der Waals surface area contributed by atoms with Crippen LogP contribution < -0.4 is 0 Å². The topological polar surface area (TPSA) is 87.1 Å².